The lowest BCUT2D eigenvalue weighted by Gasteiger charge is -2.05. The highest BCUT2D eigenvalue weighted by molar-refractivity contribution is 6.14. The van der Waals surface area contributed by atoms with E-state index in [-0.39, 0.29) is 0 Å². The minimum atomic E-state index is 0.745. The summed E-state index contributed by atoms with van der Waals surface area (Å²) in [5.74, 6) is 1.72. The smallest absolute Gasteiger partial charge is 0.139 e. The second kappa shape index (κ2) is 10.4. The van der Waals surface area contributed by atoms with E-state index in [1.54, 1.807) is 0 Å². The molecule has 0 atom stereocenters. The van der Waals surface area contributed by atoms with E-state index in [4.69, 9.17) is 18.3 Å². The van der Waals surface area contributed by atoms with Crippen molar-refractivity contribution in [1.29, 1.82) is 0 Å². The van der Waals surface area contributed by atoms with Crippen molar-refractivity contribution in [3.05, 3.63) is 48.5 Å². The summed E-state index contributed by atoms with van der Waals surface area (Å²) < 4.78 is 24.3. The molecule has 178 valence electrons. The number of fused-ring (bicyclic) bond motifs is 6. The van der Waals surface area contributed by atoms with Crippen LogP contribution in [0.4, 0.5) is 0 Å². The van der Waals surface area contributed by atoms with E-state index in [0.717, 1.165) is 81.4 Å². The van der Waals surface area contributed by atoms with Gasteiger partial charge in [0, 0.05) is 33.7 Å². The van der Waals surface area contributed by atoms with Gasteiger partial charge in [-0.3, -0.25) is 0 Å². The van der Waals surface area contributed by atoms with Crippen LogP contribution in [-0.2, 0) is 0 Å². The summed E-state index contributed by atoms with van der Waals surface area (Å²) in [7, 11) is 0. The third-order valence-corrected chi connectivity index (χ3v) is 6.54. The largest absolute Gasteiger partial charge is 0.493 e. The summed E-state index contributed by atoms with van der Waals surface area (Å²) in [4.78, 5) is 0. The van der Waals surface area contributed by atoms with Crippen LogP contribution in [0.1, 0.15) is 65.2 Å². The van der Waals surface area contributed by atoms with Crippen LogP contribution in [0.2, 0.25) is 0 Å². The quantitative estimate of drug-likeness (QED) is 0.175. The molecule has 0 saturated heterocycles. The zero-order valence-electron chi connectivity index (χ0n) is 20.3. The minimum Gasteiger partial charge on any atom is -0.493 e. The van der Waals surface area contributed by atoms with Crippen LogP contribution in [0.25, 0.3) is 43.9 Å². The molecule has 5 rings (SSSR count). The Balaban J connectivity index is 1.38. The molecule has 0 aliphatic heterocycles. The van der Waals surface area contributed by atoms with E-state index in [0.29, 0.717) is 0 Å². The van der Waals surface area contributed by atoms with Crippen molar-refractivity contribution < 1.29 is 18.3 Å². The van der Waals surface area contributed by atoms with Crippen LogP contribution in [-0.4, -0.2) is 13.2 Å². The number of hydrogen-bond donors (Lipinski definition) is 0. The first-order valence-corrected chi connectivity index (χ1v) is 12.8. The van der Waals surface area contributed by atoms with Gasteiger partial charge in [0.15, 0.2) is 0 Å². The maximum Gasteiger partial charge on any atom is 0.139 e. The average Bonchev–Trinajstić information content (AvgIpc) is 3.38. The maximum atomic E-state index is 6.23. The standard InChI is InChI=1S/C30H34O4/c1-3-5-7-9-15-31-21-11-13-23-25-19-30-26(20-29(25)33-27(23)17-21)24-14-12-22(18-28(24)34-30)32-16-10-8-6-4-2/h11-14,17-20H,3-10,15-16H2,1-2H3. The van der Waals surface area contributed by atoms with E-state index in [1.165, 1.54) is 38.5 Å². The average molecular weight is 459 g/mol. The molecule has 0 bridgehead atoms. The van der Waals surface area contributed by atoms with Crippen molar-refractivity contribution in [2.24, 2.45) is 0 Å². The van der Waals surface area contributed by atoms with Crippen LogP contribution in [0.3, 0.4) is 0 Å². The highest BCUT2D eigenvalue weighted by atomic mass is 16.5. The van der Waals surface area contributed by atoms with Gasteiger partial charge in [0.2, 0.25) is 0 Å². The number of ether oxygens (including phenoxy) is 2. The van der Waals surface area contributed by atoms with Gasteiger partial charge in [-0.15, -0.1) is 0 Å². The Bertz CT molecular complexity index is 1280. The summed E-state index contributed by atoms with van der Waals surface area (Å²) in [5, 5.41) is 4.27. The monoisotopic (exact) mass is 458 g/mol. The van der Waals surface area contributed by atoms with E-state index in [2.05, 4.69) is 38.1 Å². The molecule has 0 saturated carbocycles. The minimum absolute atomic E-state index is 0.745. The number of furan rings is 2. The van der Waals surface area contributed by atoms with Gasteiger partial charge in [-0.1, -0.05) is 52.4 Å². The Kier molecular flexibility index (Phi) is 6.94. The van der Waals surface area contributed by atoms with Crippen molar-refractivity contribution in [2.75, 3.05) is 13.2 Å². The van der Waals surface area contributed by atoms with Gasteiger partial charge < -0.3 is 18.3 Å². The molecular formula is C30H34O4. The van der Waals surface area contributed by atoms with Gasteiger partial charge in [0.05, 0.1) is 13.2 Å². The Hall–Kier alpha value is -3.14. The normalized spacial score (nSPS) is 11.8. The topological polar surface area (TPSA) is 44.7 Å². The highest BCUT2D eigenvalue weighted by Crippen LogP contribution is 2.38. The molecule has 0 amide bonds. The Morgan fingerprint density at radius 2 is 0.941 bits per heavy atom. The van der Waals surface area contributed by atoms with Gasteiger partial charge in [0.25, 0.3) is 0 Å². The van der Waals surface area contributed by atoms with Crippen LogP contribution < -0.4 is 9.47 Å². The zero-order chi connectivity index (χ0) is 23.3. The van der Waals surface area contributed by atoms with E-state index < -0.39 is 0 Å². The van der Waals surface area contributed by atoms with Gasteiger partial charge in [-0.25, -0.2) is 0 Å². The van der Waals surface area contributed by atoms with Crippen molar-refractivity contribution in [1.82, 2.24) is 0 Å². The maximum absolute atomic E-state index is 6.23. The first-order chi connectivity index (χ1) is 16.8. The molecule has 0 fully saturated rings. The third-order valence-electron chi connectivity index (χ3n) is 6.54. The Labute approximate surface area is 200 Å². The van der Waals surface area contributed by atoms with Gasteiger partial charge in [-0.2, -0.15) is 0 Å². The molecule has 4 nitrogen and oxygen atoms in total. The van der Waals surface area contributed by atoms with E-state index >= 15 is 0 Å². The number of rotatable bonds is 12. The predicted molar refractivity (Wildman–Crippen MR) is 140 cm³/mol. The number of hydrogen-bond acceptors (Lipinski definition) is 4. The zero-order valence-corrected chi connectivity index (χ0v) is 20.3. The lowest BCUT2D eigenvalue weighted by atomic mass is 10.1. The molecule has 2 aromatic heterocycles. The van der Waals surface area contributed by atoms with Crippen molar-refractivity contribution in [2.45, 2.75) is 65.2 Å². The molecule has 0 aliphatic carbocycles. The molecule has 0 N–H and O–H groups in total. The summed E-state index contributed by atoms with van der Waals surface area (Å²) in [5.41, 5.74) is 3.41. The molecule has 0 spiro atoms. The Morgan fingerprint density at radius 1 is 0.500 bits per heavy atom. The van der Waals surface area contributed by atoms with Gasteiger partial charge >= 0.3 is 0 Å². The molecular weight excluding hydrogens is 424 g/mol. The van der Waals surface area contributed by atoms with E-state index in [1.807, 2.05) is 24.3 Å². The first kappa shape index (κ1) is 22.6. The van der Waals surface area contributed by atoms with Crippen LogP contribution in [0.5, 0.6) is 11.5 Å². The summed E-state index contributed by atoms with van der Waals surface area (Å²) in [6, 6.07) is 16.4. The second-order valence-electron chi connectivity index (χ2n) is 9.18. The number of unbranched alkanes of at least 4 members (excludes halogenated alkanes) is 6. The molecule has 0 radical (unpaired) electrons. The first-order valence-electron chi connectivity index (χ1n) is 12.8. The molecule has 3 aromatic carbocycles. The van der Waals surface area contributed by atoms with Crippen molar-refractivity contribution in [3.63, 3.8) is 0 Å². The summed E-state index contributed by atoms with van der Waals surface area (Å²) in [6.45, 7) is 5.93. The van der Waals surface area contributed by atoms with Crippen LogP contribution in [0.15, 0.2) is 57.4 Å². The molecule has 4 heteroatoms. The molecule has 5 aromatic rings. The fraction of sp³-hybridized carbons (Fsp3) is 0.400. The molecule has 2 heterocycles. The summed E-state index contributed by atoms with van der Waals surface area (Å²) >= 11 is 0. The highest BCUT2D eigenvalue weighted by Gasteiger charge is 2.14. The van der Waals surface area contributed by atoms with Crippen molar-refractivity contribution >= 4 is 43.9 Å². The fourth-order valence-electron chi connectivity index (χ4n) is 4.62. The van der Waals surface area contributed by atoms with Gasteiger partial charge in [-0.05, 0) is 49.2 Å². The lowest BCUT2D eigenvalue weighted by molar-refractivity contribution is 0.305. The fourth-order valence-corrected chi connectivity index (χ4v) is 4.62. The van der Waals surface area contributed by atoms with E-state index in [9.17, 15) is 0 Å². The molecule has 0 unspecified atom stereocenters. The van der Waals surface area contributed by atoms with Crippen molar-refractivity contribution in [3.8, 4) is 11.5 Å². The number of benzene rings is 3. The third kappa shape index (κ3) is 4.72. The van der Waals surface area contributed by atoms with Crippen LogP contribution >= 0.6 is 0 Å². The summed E-state index contributed by atoms with van der Waals surface area (Å²) in [6.07, 6.45) is 9.58. The lowest BCUT2D eigenvalue weighted by Crippen LogP contribution is -1.96. The molecule has 0 aliphatic rings. The predicted octanol–water partition coefficient (Wildman–Crippen LogP) is 9.40. The van der Waals surface area contributed by atoms with Crippen LogP contribution in [0, 0.1) is 0 Å². The molecule has 34 heavy (non-hydrogen) atoms. The second-order valence-corrected chi connectivity index (χ2v) is 9.18. The SMILES string of the molecule is CCCCCCOc1ccc2c(c1)oc1cc3c(cc12)oc1cc(OCCCCCC)ccc13. The van der Waals surface area contributed by atoms with Gasteiger partial charge in [0.1, 0.15) is 33.8 Å². The Morgan fingerprint density at radius 3 is 1.38 bits per heavy atom.